The van der Waals surface area contributed by atoms with Crippen LogP contribution in [0.1, 0.15) is 40.5 Å². The second-order valence-corrected chi connectivity index (χ2v) is 1.74. The largest absolute Gasteiger partial charge is 0.151 e. The van der Waals surface area contributed by atoms with E-state index < -0.39 is 0 Å². The van der Waals surface area contributed by atoms with Crippen LogP contribution in [0.25, 0.3) is 0 Å². The fraction of sp³-hybridized carbons (Fsp3) is 1.00. The predicted molar refractivity (Wildman–Crippen MR) is 41.5 cm³/mol. The van der Waals surface area contributed by atoms with Gasteiger partial charge in [-0.1, -0.05) is 32.4 Å². The van der Waals surface area contributed by atoms with Crippen molar-refractivity contribution in [2.45, 2.75) is 46.6 Å². The first-order valence-electron chi connectivity index (χ1n) is 3.63. The van der Waals surface area contributed by atoms with Gasteiger partial charge in [-0.15, -0.1) is 0 Å². The molecule has 56 valence electrons. The van der Waals surface area contributed by atoms with Crippen LogP contribution >= 0.6 is 0 Å². The van der Waals surface area contributed by atoms with Crippen molar-refractivity contribution in [3.63, 3.8) is 0 Å². The highest BCUT2D eigenvalue weighted by Crippen LogP contribution is 1.97. The fourth-order valence-electron chi connectivity index (χ4n) is 0.470. The monoisotopic (exact) mass is 131 g/mol. The average molecular weight is 131 g/mol. The summed E-state index contributed by atoms with van der Waals surface area (Å²) >= 11 is 0. The minimum atomic E-state index is 0.0185. The molecule has 0 spiro atoms. The Bertz CT molecular complexity index is 54.9. The molecule has 0 fully saturated rings. The van der Waals surface area contributed by atoms with Gasteiger partial charge in [0.05, 0.1) is 6.04 Å². The molecule has 0 heterocycles. The summed E-state index contributed by atoms with van der Waals surface area (Å²) in [5.41, 5.74) is 0. The minimum Gasteiger partial charge on any atom is -0.151 e. The number of hydrogen-bond acceptors (Lipinski definition) is 2. The number of hydrogen-bond donors (Lipinski definition) is 0. The van der Waals surface area contributed by atoms with E-state index in [4.69, 9.17) is 0 Å². The zero-order chi connectivity index (χ0) is 7.70. The highest BCUT2D eigenvalue weighted by atomic mass is 16.3. The molecule has 1 atom stereocenters. The van der Waals surface area contributed by atoms with Crippen LogP contribution in [0.3, 0.4) is 0 Å². The third-order valence-corrected chi connectivity index (χ3v) is 0.886. The lowest BCUT2D eigenvalue weighted by molar-refractivity contribution is 0.650. The third kappa shape index (κ3) is 11.3. The van der Waals surface area contributed by atoms with Gasteiger partial charge in [-0.3, -0.25) is 0 Å². The molecule has 0 aromatic rings. The van der Waals surface area contributed by atoms with Gasteiger partial charge in [-0.05, 0) is 13.3 Å². The topological polar surface area (TPSA) is 29.4 Å². The lowest BCUT2D eigenvalue weighted by atomic mass is 10.2. The Kier molecular flexibility index (Phi) is 13.4. The lowest BCUT2D eigenvalue weighted by Crippen LogP contribution is -1.92. The molecule has 9 heavy (non-hydrogen) atoms. The van der Waals surface area contributed by atoms with Crippen molar-refractivity contribution in [3.8, 4) is 0 Å². The molecule has 1 unspecified atom stereocenters. The first-order valence-corrected chi connectivity index (χ1v) is 3.63. The highest BCUT2D eigenvalue weighted by molar-refractivity contribution is 4.54. The number of nitroso groups, excluding NO2 is 1. The van der Waals surface area contributed by atoms with Crippen molar-refractivity contribution >= 4 is 0 Å². The Hall–Kier alpha value is -0.400. The first-order chi connectivity index (χ1) is 4.31. The quantitative estimate of drug-likeness (QED) is 0.541. The molecule has 0 rings (SSSR count). The van der Waals surface area contributed by atoms with Crippen molar-refractivity contribution in [2.75, 3.05) is 0 Å². The van der Waals surface area contributed by atoms with Gasteiger partial charge in [-0.2, -0.15) is 4.91 Å². The van der Waals surface area contributed by atoms with Crippen molar-refractivity contribution in [1.29, 1.82) is 0 Å². The minimum absolute atomic E-state index is 0.0185. The summed E-state index contributed by atoms with van der Waals surface area (Å²) in [5.74, 6) is 0. The molecule has 0 N–H and O–H groups in total. The van der Waals surface area contributed by atoms with Gasteiger partial charge in [0.1, 0.15) is 0 Å². The molecular weight excluding hydrogens is 114 g/mol. The summed E-state index contributed by atoms with van der Waals surface area (Å²) in [5, 5.41) is 2.83. The molecule has 2 heteroatoms. The summed E-state index contributed by atoms with van der Waals surface area (Å²) in [7, 11) is 0. The van der Waals surface area contributed by atoms with Crippen molar-refractivity contribution < 1.29 is 0 Å². The maximum absolute atomic E-state index is 9.64. The van der Waals surface area contributed by atoms with Gasteiger partial charge in [0.2, 0.25) is 0 Å². The number of rotatable bonds is 3. The Morgan fingerprint density at radius 3 is 2.00 bits per heavy atom. The molecule has 0 aliphatic carbocycles. The van der Waals surface area contributed by atoms with E-state index in [1.165, 1.54) is 0 Å². The molecule has 0 saturated carbocycles. The smallest absolute Gasteiger partial charge is 0.0891 e. The summed E-state index contributed by atoms with van der Waals surface area (Å²) in [6.45, 7) is 7.87. The first kappa shape index (κ1) is 11.4. The maximum Gasteiger partial charge on any atom is 0.0891 e. The summed E-state index contributed by atoms with van der Waals surface area (Å²) in [6, 6.07) is 0.0185. The van der Waals surface area contributed by atoms with Crippen LogP contribution in [0.4, 0.5) is 0 Å². The predicted octanol–water partition coefficient (Wildman–Crippen LogP) is 2.97. The van der Waals surface area contributed by atoms with E-state index in [1.807, 2.05) is 27.7 Å². The van der Waals surface area contributed by atoms with Crippen LogP contribution in [0.15, 0.2) is 5.18 Å². The van der Waals surface area contributed by atoms with Gasteiger partial charge >= 0.3 is 0 Å². The van der Waals surface area contributed by atoms with Gasteiger partial charge in [0.15, 0.2) is 0 Å². The molecule has 0 aromatic heterocycles. The third-order valence-electron chi connectivity index (χ3n) is 0.886. The van der Waals surface area contributed by atoms with E-state index in [-0.39, 0.29) is 6.04 Å². The highest BCUT2D eigenvalue weighted by Gasteiger charge is 1.94. The van der Waals surface area contributed by atoms with Crippen LogP contribution in [0.2, 0.25) is 0 Å². The fourth-order valence-corrected chi connectivity index (χ4v) is 0.470. The average Bonchev–Trinajstić information content (AvgIpc) is 1.93. The molecular formula is C7H17NO. The Morgan fingerprint density at radius 1 is 1.44 bits per heavy atom. The second kappa shape index (κ2) is 10.6. The molecule has 0 aliphatic rings. The lowest BCUT2D eigenvalue weighted by Gasteiger charge is -1.93. The van der Waals surface area contributed by atoms with Crippen LogP contribution in [0.5, 0.6) is 0 Å². The van der Waals surface area contributed by atoms with Crippen LogP contribution < -0.4 is 0 Å². The molecule has 0 saturated heterocycles. The van der Waals surface area contributed by atoms with Crippen LogP contribution in [-0.4, -0.2) is 6.04 Å². The van der Waals surface area contributed by atoms with E-state index in [0.29, 0.717) is 0 Å². The van der Waals surface area contributed by atoms with E-state index in [1.54, 1.807) is 0 Å². The van der Waals surface area contributed by atoms with Crippen LogP contribution in [-0.2, 0) is 0 Å². The standard InChI is InChI=1S/C5H11NO.C2H6/c1-3-4-5(2)6-7;1-2/h5H,3-4H2,1-2H3;1-2H3. The van der Waals surface area contributed by atoms with Crippen LogP contribution in [0, 0.1) is 4.91 Å². The Balaban J connectivity index is 0. The molecule has 0 bridgehead atoms. The van der Waals surface area contributed by atoms with Gasteiger partial charge in [-0.25, -0.2) is 0 Å². The van der Waals surface area contributed by atoms with Crippen molar-refractivity contribution in [3.05, 3.63) is 4.91 Å². The summed E-state index contributed by atoms with van der Waals surface area (Å²) < 4.78 is 0. The molecule has 0 aromatic carbocycles. The molecule has 0 radical (unpaired) electrons. The number of nitrogens with zero attached hydrogens (tertiary/aromatic N) is 1. The summed E-state index contributed by atoms with van der Waals surface area (Å²) in [6.07, 6.45) is 1.97. The Morgan fingerprint density at radius 2 is 1.89 bits per heavy atom. The van der Waals surface area contributed by atoms with E-state index >= 15 is 0 Å². The van der Waals surface area contributed by atoms with E-state index in [0.717, 1.165) is 12.8 Å². The Labute approximate surface area is 57.6 Å². The van der Waals surface area contributed by atoms with Gasteiger partial charge < -0.3 is 0 Å². The van der Waals surface area contributed by atoms with Gasteiger partial charge in [0.25, 0.3) is 0 Å². The molecule has 2 nitrogen and oxygen atoms in total. The zero-order valence-electron chi connectivity index (χ0n) is 6.85. The van der Waals surface area contributed by atoms with Crippen molar-refractivity contribution in [2.24, 2.45) is 5.18 Å². The molecule has 0 amide bonds. The van der Waals surface area contributed by atoms with E-state index in [9.17, 15) is 4.91 Å². The van der Waals surface area contributed by atoms with Gasteiger partial charge in [0, 0.05) is 0 Å². The zero-order valence-corrected chi connectivity index (χ0v) is 6.85. The SMILES string of the molecule is CC.CCCC(C)N=O. The molecule has 0 aliphatic heterocycles. The van der Waals surface area contributed by atoms with E-state index in [2.05, 4.69) is 5.18 Å². The second-order valence-electron chi connectivity index (χ2n) is 1.74. The van der Waals surface area contributed by atoms with Crippen molar-refractivity contribution in [1.82, 2.24) is 0 Å². The normalized spacial score (nSPS) is 11.1. The summed E-state index contributed by atoms with van der Waals surface area (Å²) in [4.78, 5) is 9.64. The maximum atomic E-state index is 9.64.